The largest absolute Gasteiger partial charge is 0.473 e. The number of hydrogen-bond donors (Lipinski definition) is 2. The number of carbonyl (C=O) groups is 2. The summed E-state index contributed by atoms with van der Waals surface area (Å²) >= 11 is 2.88. The summed E-state index contributed by atoms with van der Waals surface area (Å²) < 4.78 is 14.4. The first-order valence-corrected chi connectivity index (χ1v) is 8.73. The molecule has 10 heteroatoms. The van der Waals surface area contributed by atoms with Gasteiger partial charge in [0.25, 0.3) is 5.88 Å². The maximum absolute atomic E-state index is 9.10. The third kappa shape index (κ3) is 6.55. The Morgan fingerprint density at radius 3 is 2.57 bits per heavy atom. The number of carboxylic acids is 2. The van der Waals surface area contributed by atoms with E-state index in [4.69, 9.17) is 24.5 Å². The summed E-state index contributed by atoms with van der Waals surface area (Å²) in [5.41, 5.74) is 2.26. The van der Waals surface area contributed by atoms with Gasteiger partial charge in [-0.1, -0.05) is 6.08 Å². The molecule has 1 atom stereocenters. The summed E-state index contributed by atoms with van der Waals surface area (Å²) in [6.45, 7) is 4.06. The lowest BCUT2D eigenvalue weighted by Crippen LogP contribution is -2.25. The average Bonchev–Trinajstić information content (AvgIpc) is 2.95. The predicted octanol–water partition coefficient (Wildman–Crippen LogP) is 1.50. The van der Waals surface area contributed by atoms with Gasteiger partial charge in [-0.2, -0.15) is 4.37 Å². The molecule has 0 radical (unpaired) electrons. The molecule has 23 heavy (non-hydrogen) atoms. The number of ether oxygens (including phenoxy) is 1. The Hall–Kier alpha value is -1.65. The zero-order chi connectivity index (χ0) is 17.4. The van der Waals surface area contributed by atoms with Crippen molar-refractivity contribution in [3.05, 3.63) is 11.8 Å². The molecule has 0 amide bonds. The lowest BCUT2D eigenvalue weighted by Gasteiger charge is -2.22. The number of rotatable bonds is 4. The van der Waals surface area contributed by atoms with Gasteiger partial charge in [-0.05, 0) is 32.2 Å². The van der Waals surface area contributed by atoms with Gasteiger partial charge in [0.1, 0.15) is 11.1 Å². The van der Waals surface area contributed by atoms with E-state index in [0.29, 0.717) is 5.88 Å². The van der Waals surface area contributed by atoms with Gasteiger partial charge in [0.2, 0.25) is 0 Å². The Labute approximate surface area is 142 Å². The maximum atomic E-state index is 9.10. The van der Waals surface area contributed by atoms with Crippen LogP contribution in [0, 0.1) is 0 Å². The molecule has 1 aliphatic heterocycles. The summed E-state index contributed by atoms with van der Waals surface area (Å²) in [5.74, 6) is -2.97. The fourth-order valence-electron chi connectivity index (χ4n) is 1.72. The molecule has 0 fully saturated rings. The van der Waals surface area contributed by atoms with E-state index in [9.17, 15) is 0 Å². The summed E-state index contributed by atoms with van der Waals surface area (Å²) in [5, 5.41) is 14.8. The van der Waals surface area contributed by atoms with E-state index < -0.39 is 11.9 Å². The molecule has 1 aromatic rings. The highest BCUT2D eigenvalue weighted by molar-refractivity contribution is 7.99. The number of nitrogens with zero attached hydrogens (tertiary/aromatic N) is 3. The Balaban J connectivity index is 0.000000379. The second-order valence-electron chi connectivity index (χ2n) is 4.71. The number of carboxylic acid groups (broad SMARTS) is 2. The van der Waals surface area contributed by atoms with Crippen molar-refractivity contribution in [3.8, 4) is 5.88 Å². The van der Waals surface area contributed by atoms with Crippen LogP contribution in [0.15, 0.2) is 6.08 Å². The Morgan fingerprint density at radius 2 is 2.04 bits per heavy atom. The zero-order valence-corrected chi connectivity index (χ0v) is 14.7. The highest BCUT2D eigenvalue weighted by atomic mass is 32.2. The molecule has 1 unspecified atom stereocenters. The van der Waals surface area contributed by atoms with Gasteiger partial charge in [0.05, 0.1) is 11.7 Å². The highest BCUT2D eigenvalue weighted by Crippen LogP contribution is 2.28. The van der Waals surface area contributed by atoms with Crippen LogP contribution in [0.3, 0.4) is 0 Å². The summed E-state index contributed by atoms with van der Waals surface area (Å²) in [7, 11) is 2.12. The van der Waals surface area contributed by atoms with E-state index in [0.717, 1.165) is 25.2 Å². The van der Waals surface area contributed by atoms with Crippen molar-refractivity contribution in [3.63, 3.8) is 0 Å². The van der Waals surface area contributed by atoms with Crippen LogP contribution in [-0.2, 0) is 9.59 Å². The number of aromatic nitrogens is 2. The van der Waals surface area contributed by atoms with Crippen molar-refractivity contribution < 1.29 is 24.5 Å². The highest BCUT2D eigenvalue weighted by Gasteiger charge is 2.19. The quantitative estimate of drug-likeness (QED) is 0.608. The molecule has 1 aliphatic rings. The number of thioether (sulfide) groups is 1. The van der Waals surface area contributed by atoms with Crippen molar-refractivity contribution in [1.82, 2.24) is 13.6 Å². The molecule has 0 aliphatic carbocycles. The van der Waals surface area contributed by atoms with E-state index in [1.54, 1.807) is 11.8 Å². The molecule has 128 valence electrons. The van der Waals surface area contributed by atoms with Crippen LogP contribution in [0.2, 0.25) is 0 Å². The van der Waals surface area contributed by atoms with Crippen LogP contribution in [0.1, 0.15) is 19.0 Å². The molecule has 0 bridgehead atoms. The number of hydrogen-bond acceptors (Lipinski definition) is 8. The molecular weight excluding hydrogens is 342 g/mol. The molecule has 0 saturated carbocycles. The van der Waals surface area contributed by atoms with Gasteiger partial charge in [-0.3, -0.25) is 0 Å². The molecule has 1 aromatic heterocycles. The molecule has 0 saturated heterocycles. The second-order valence-corrected chi connectivity index (χ2v) is 6.37. The van der Waals surface area contributed by atoms with Crippen LogP contribution in [0.4, 0.5) is 0 Å². The fourth-order valence-corrected chi connectivity index (χ4v) is 2.43. The van der Waals surface area contributed by atoms with Crippen LogP contribution < -0.4 is 4.74 Å². The second kappa shape index (κ2) is 9.48. The first-order valence-electron chi connectivity index (χ1n) is 6.71. The van der Waals surface area contributed by atoms with E-state index >= 15 is 0 Å². The van der Waals surface area contributed by atoms with E-state index in [1.165, 1.54) is 17.3 Å². The summed E-state index contributed by atoms with van der Waals surface area (Å²) in [6, 6.07) is 0. The van der Waals surface area contributed by atoms with E-state index in [1.807, 2.05) is 13.2 Å². The van der Waals surface area contributed by atoms with E-state index in [2.05, 4.69) is 26.8 Å². The Bertz CT molecular complexity index is 564. The Kier molecular flexibility index (Phi) is 8.00. The number of aliphatic carboxylic acids is 2. The Morgan fingerprint density at radius 1 is 1.39 bits per heavy atom. The molecule has 2 N–H and O–H groups in total. The molecule has 2 heterocycles. The topological polar surface area (TPSA) is 113 Å². The van der Waals surface area contributed by atoms with Crippen molar-refractivity contribution in [1.29, 1.82) is 0 Å². The third-order valence-electron chi connectivity index (χ3n) is 2.90. The maximum Gasteiger partial charge on any atom is 0.414 e. The normalized spacial score (nSPS) is 15.9. The van der Waals surface area contributed by atoms with Gasteiger partial charge in [-0.15, -0.1) is 16.1 Å². The minimum atomic E-state index is -1.82. The molecule has 8 nitrogen and oxygen atoms in total. The molecular formula is C13H19N3O5S2. The van der Waals surface area contributed by atoms with Gasteiger partial charge in [0.15, 0.2) is 0 Å². The standard InChI is InChI=1S/C11H17N3OS2.C2H2O4/c1-8(16-3)15-11-10(12-17-13-11)9-5-4-6-14(2)7-9;3-1(4)2(5)6/h5,8H,4,6-7H2,1-3H3;(H,3,4)(H,5,6). The average molecular weight is 361 g/mol. The third-order valence-corrected chi connectivity index (χ3v) is 4.17. The molecule has 0 spiro atoms. The predicted molar refractivity (Wildman–Crippen MR) is 88.9 cm³/mol. The van der Waals surface area contributed by atoms with Crippen LogP contribution in [0.25, 0.3) is 5.57 Å². The van der Waals surface area contributed by atoms with Crippen molar-refractivity contribution in [2.75, 3.05) is 26.4 Å². The molecule has 0 aromatic carbocycles. The van der Waals surface area contributed by atoms with Crippen molar-refractivity contribution >= 4 is 41.0 Å². The lowest BCUT2D eigenvalue weighted by atomic mass is 10.1. The zero-order valence-electron chi connectivity index (χ0n) is 13.1. The smallest absolute Gasteiger partial charge is 0.414 e. The summed E-state index contributed by atoms with van der Waals surface area (Å²) in [6.07, 6.45) is 5.34. The van der Waals surface area contributed by atoms with Gasteiger partial charge in [-0.25, -0.2) is 9.59 Å². The van der Waals surface area contributed by atoms with Crippen molar-refractivity contribution in [2.45, 2.75) is 18.8 Å². The van der Waals surface area contributed by atoms with Gasteiger partial charge >= 0.3 is 11.9 Å². The lowest BCUT2D eigenvalue weighted by molar-refractivity contribution is -0.159. The molecule has 2 rings (SSSR count). The monoisotopic (exact) mass is 361 g/mol. The SMILES string of the molecule is CSC(C)Oc1nsnc1C1=CCCN(C)C1.O=C(O)C(=O)O. The van der Waals surface area contributed by atoms with Crippen LogP contribution in [0.5, 0.6) is 5.88 Å². The fraction of sp³-hybridized carbons (Fsp3) is 0.538. The summed E-state index contributed by atoms with van der Waals surface area (Å²) in [4.78, 5) is 20.5. The first kappa shape index (κ1) is 19.4. The first-order chi connectivity index (χ1) is 10.8. The van der Waals surface area contributed by atoms with Crippen molar-refractivity contribution in [2.24, 2.45) is 0 Å². The van der Waals surface area contributed by atoms with E-state index in [-0.39, 0.29) is 5.44 Å². The number of likely N-dealkylation sites (N-methyl/N-ethyl adjacent to an activating group) is 1. The minimum Gasteiger partial charge on any atom is -0.473 e. The van der Waals surface area contributed by atoms with Gasteiger partial charge < -0.3 is 19.8 Å². The van der Waals surface area contributed by atoms with Gasteiger partial charge in [0, 0.05) is 13.1 Å². The minimum absolute atomic E-state index is 0.111. The van der Waals surface area contributed by atoms with Crippen LogP contribution >= 0.6 is 23.5 Å². The van der Waals surface area contributed by atoms with Crippen LogP contribution in [-0.4, -0.2) is 67.6 Å².